The molecular formula is C21H30N2O4S. The Bertz CT molecular complexity index is 743. The lowest BCUT2D eigenvalue weighted by molar-refractivity contribution is 0.00774. The number of nitrogens with one attached hydrogen (secondary N) is 1. The summed E-state index contributed by atoms with van der Waals surface area (Å²) in [5.41, 5.74) is 1.43. The van der Waals surface area contributed by atoms with Crippen molar-refractivity contribution in [1.29, 1.82) is 0 Å². The SMILES string of the molecule is COc1cccc(CNC[C@H](O)[C@H](Cc2ccsc2)N(C(=O)O)C(C)(C)C)c1. The molecule has 6 nitrogen and oxygen atoms in total. The van der Waals surface area contributed by atoms with Crippen LogP contribution in [0.1, 0.15) is 31.9 Å². The maximum Gasteiger partial charge on any atom is 0.408 e. The van der Waals surface area contributed by atoms with Gasteiger partial charge < -0.3 is 20.3 Å². The van der Waals surface area contributed by atoms with E-state index in [1.807, 2.05) is 61.9 Å². The van der Waals surface area contributed by atoms with Crippen molar-refractivity contribution < 1.29 is 19.7 Å². The van der Waals surface area contributed by atoms with E-state index in [-0.39, 0.29) is 6.54 Å². The average Bonchev–Trinajstić information content (AvgIpc) is 3.13. The van der Waals surface area contributed by atoms with Crippen molar-refractivity contribution in [2.45, 2.75) is 51.4 Å². The van der Waals surface area contributed by atoms with E-state index in [0.717, 1.165) is 16.9 Å². The molecule has 0 aliphatic rings. The Morgan fingerprint density at radius 1 is 1.29 bits per heavy atom. The second-order valence-corrected chi connectivity index (χ2v) is 8.56. The third-order valence-corrected chi connectivity index (χ3v) is 5.28. The van der Waals surface area contributed by atoms with Gasteiger partial charge in [0.05, 0.1) is 19.3 Å². The summed E-state index contributed by atoms with van der Waals surface area (Å²) in [6.45, 7) is 6.38. The number of ether oxygens (including phenoxy) is 1. The maximum absolute atomic E-state index is 12.0. The number of thiophene rings is 1. The minimum atomic E-state index is -1.03. The highest BCUT2D eigenvalue weighted by molar-refractivity contribution is 7.07. The minimum absolute atomic E-state index is 0.284. The summed E-state index contributed by atoms with van der Waals surface area (Å²) in [4.78, 5) is 13.3. The van der Waals surface area contributed by atoms with Crippen LogP contribution in [0.5, 0.6) is 5.75 Å². The number of carboxylic acid groups (broad SMARTS) is 1. The number of hydrogen-bond acceptors (Lipinski definition) is 5. The smallest absolute Gasteiger partial charge is 0.408 e. The first-order valence-electron chi connectivity index (χ1n) is 9.27. The second-order valence-electron chi connectivity index (χ2n) is 7.78. The molecule has 1 heterocycles. The van der Waals surface area contributed by atoms with Gasteiger partial charge in [-0.05, 0) is 67.3 Å². The first-order valence-corrected chi connectivity index (χ1v) is 10.2. The zero-order chi connectivity index (χ0) is 20.7. The number of amides is 1. The van der Waals surface area contributed by atoms with Crippen molar-refractivity contribution in [2.75, 3.05) is 13.7 Å². The van der Waals surface area contributed by atoms with Gasteiger partial charge in [-0.15, -0.1) is 0 Å². The molecule has 0 unspecified atom stereocenters. The number of rotatable bonds is 9. The van der Waals surface area contributed by atoms with Gasteiger partial charge in [0.15, 0.2) is 0 Å². The van der Waals surface area contributed by atoms with E-state index in [9.17, 15) is 15.0 Å². The van der Waals surface area contributed by atoms with Crippen LogP contribution in [0.3, 0.4) is 0 Å². The van der Waals surface area contributed by atoms with E-state index in [1.54, 1.807) is 18.4 Å². The minimum Gasteiger partial charge on any atom is -0.497 e. The Kier molecular flexibility index (Phi) is 7.86. The van der Waals surface area contributed by atoms with Gasteiger partial charge in [0.2, 0.25) is 0 Å². The van der Waals surface area contributed by atoms with Gasteiger partial charge in [-0.25, -0.2) is 4.79 Å². The lowest BCUT2D eigenvalue weighted by Crippen LogP contribution is -2.58. The van der Waals surface area contributed by atoms with Crippen LogP contribution in [-0.2, 0) is 13.0 Å². The summed E-state index contributed by atoms with van der Waals surface area (Å²) >= 11 is 1.56. The molecule has 0 fully saturated rings. The van der Waals surface area contributed by atoms with Gasteiger partial charge in [-0.3, -0.25) is 4.90 Å². The molecule has 0 saturated heterocycles. The van der Waals surface area contributed by atoms with Crippen molar-refractivity contribution in [3.05, 3.63) is 52.2 Å². The number of carbonyl (C=O) groups is 1. The van der Waals surface area contributed by atoms with Gasteiger partial charge in [-0.2, -0.15) is 11.3 Å². The third kappa shape index (κ3) is 6.22. The molecule has 2 atom stereocenters. The van der Waals surface area contributed by atoms with E-state index < -0.39 is 23.8 Å². The first-order chi connectivity index (χ1) is 13.2. The van der Waals surface area contributed by atoms with Crippen molar-refractivity contribution >= 4 is 17.4 Å². The Hall–Kier alpha value is -2.09. The summed E-state index contributed by atoms with van der Waals surface area (Å²) < 4.78 is 5.23. The zero-order valence-electron chi connectivity index (χ0n) is 16.9. The van der Waals surface area contributed by atoms with Crippen LogP contribution in [0.4, 0.5) is 4.79 Å². The molecule has 154 valence electrons. The van der Waals surface area contributed by atoms with E-state index >= 15 is 0 Å². The lowest BCUT2D eigenvalue weighted by atomic mass is 9.95. The van der Waals surface area contributed by atoms with Crippen LogP contribution >= 0.6 is 11.3 Å². The maximum atomic E-state index is 12.0. The molecule has 0 aliphatic heterocycles. The lowest BCUT2D eigenvalue weighted by Gasteiger charge is -2.41. The molecule has 7 heteroatoms. The number of aliphatic hydroxyl groups excluding tert-OH is 1. The highest BCUT2D eigenvalue weighted by Gasteiger charge is 2.37. The predicted molar refractivity (Wildman–Crippen MR) is 112 cm³/mol. The number of benzene rings is 1. The Labute approximate surface area is 170 Å². The molecule has 1 aromatic heterocycles. The normalized spacial score (nSPS) is 13.8. The number of methoxy groups -OCH3 is 1. The Morgan fingerprint density at radius 3 is 2.61 bits per heavy atom. The van der Waals surface area contributed by atoms with Crippen molar-refractivity contribution in [2.24, 2.45) is 0 Å². The fourth-order valence-corrected chi connectivity index (χ4v) is 3.94. The molecule has 2 rings (SSSR count). The summed E-state index contributed by atoms with van der Waals surface area (Å²) in [7, 11) is 1.62. The quantitative estimate of drug-likeness (QED) is 0.593. The Morgan fingerprint density at radius 2 is 2.04 bits per heavy atom. The number of aliphatic hydroxyl groups is 1. The predicted octanol–water partition coefficient (Wildman–Crippen LogP) is 3.60. The van der Waals surface area contributed by atoms with Gasteiger partial charge in [-0.1, -0.05) is 12.1 Å². The summed E-state index contributed by atoms with van der Waals surface area (Å²) in [5.74, 6) is 0.778. The van der Waals surface area contributed by atoms with Crippen LogP contribution < -0.4 is 10.1 Å². The molecule has 2 aromatic rings. The second kappa shape index (κ2) is 9.91. The van der Waals surface area contributed by atoms with E-state index in [0.29, 0.717) is 13.0 Å². The van der Waals surface area contributed by atoms with Crippen LogP contribution in [0.15, 0.2) is 41.1 Å². The molecular weight excluding hydrogens is 376 g/mol. The molecule has 0 spiro atoms. The van der Waals surface area contributed by atoms with Gasteiger partial charge in [0.25, 0.3) is 0 Å². The van der Waals surface area contributed by atoms with Crippen molar-refractivity contribution in [3.63, 3.8) is 0 Å². The molecule has 0 saturated carbocycles. The molecule has 3 N–H and O–H groups in total. The van der Waals surface area contributed by atoms with Crippen LogP contribution in [-0.4, -0.2) is 52.5 Å². The topological polar surface area (TPSA) is 82.0 Å². The Balaban J connectivity index is 2.09. The highest BCUT2D eigenvalue weighted by atomic mass is 32.1. The van der Waals surface area contributed by atoms with Crippen LogP contribution in [0.2, 0.25) is 0 Å². The molecule has 0 aliphatic carbocycles. The van der Waals surface area contributed by atoms with Gasteiger partial charge >= 0.3 is 6.09 Å². The van der Waals surface area contributed by atoms with Crippen molar-refractivity contribution in [3.8, 4) is 5.75 Å². The van der Waals surface area contributed by atoms with Gasteiger partial charge in [0, 0.05) is 18.6 Å². The molecule has 28 heavy (non-hydrogen) atoms. The van der Waals surface area contributed by atoms with Crippen LogP contribution in [0.25, 0.3) is 0 Å². The molecule has 1 amide bonds. The third-order valence-electron chi connectivity index (χ3n) is 4.55. The zero-order valence-corrected chi connectivity index (χ0v) is 17.7. The van der Waals surface area contributed by atoms with Gasteiger partial charge in [0.1, 0.15) is 5.75 Å². The first kappa shape index (κ1) is 22.2. The molecule has 0 bridgehead atoms. The van der Waals surface area contributed by atoms with E-state index in [4.69, 9.17) is 4.74 Å². The fourth-order valence-electron chi connectivity index (χ4n) is 3.26. The monoisotopic (exact) mass is 406 g/mol. The van der Waals surface area contributed by atoms with Crippen molar-refractivity contribution in [1.82, 2.24) is 10.2 Å². The van der Waals surface area contributed by atoms with Crippen LogP contribution in [0, 0.1) is 0 Å². The largest absolute Gasteiger partial charge is 0.497 e. The fraction of sp³-hybridized carbons (Fsp3) is 0.476. The molecule has 0 radical (unpaired) electrons. The van der Waals surface area contributed by atoms with E-state index in [2.05, 4.69) is 5.32 Å². The number of hydrogen-bond donors (Lipinski definition) is 3. The van der Waals surface area contributed by atoms with E-state index in [1.165, 1.54) is 4.90 Å². The summed E-state index contributed by atoms with van der Waals surface area (Å²) in [5, 5.41) is 27.9. The standard InChI is InChI=1S/C21H30N2O4S/c1-21(2,3)23(20(25)26)18(11-16-8-9-28-14-16)19(24)13-22-12-15-6-5-7-17(10-15)27-4/h5-10,14,18-19,22,24H,11-13H2,1-4H3,(H,25,26)/t18-,19-/m0/s1. The molecule has 1 aromatic carbocycles. The average molecular weight is 407 g/mol. The summed E-state index contributed by atoms with van der Waals surface area (Å²) in [6.07, 6.45) is -1.41. The summed E-state index contributed by atoms with van der Waals surface area (Å²) in [6, 6.07) is 9.12. The highest BCUT2D eigenvalue weighted by Crippen LogP contribution is 2.23. The number of nitrogens with zero attached hydrogens (tertiary/aromatic N) is 1.